The molecule has 1 saturated carbocycles. The maximum absolute atomic E-state index is 6.31. The Balaban J connectivity index is 1.99. The normalized spacial score (nSPS) is 15.3. The van der Waals surface area contributed by atoms with E-state index in [0.29, 0.717) is 22.3 Å². The summed E-state index contributed by atoms with van der Waals surface area (Å²) in [5, 5.41) is 7.16. The van der Waals surface area contributed by atoms with Gasteiger partial charge < -0.3 is 15.2 Å². The van der Waals surface area contributed by atoms with Crippen LogP contribution >= 0.6 is 11.6 Å². The van der Waals surface area contributed by atoms with E-state index in [1.54, 1.807) is 13.3 Å². The van der Waals surface area contributed by atoms with Crippen molar-refractivity contribution in [1.82, 2.24) is 10.2 Å². The molecular weight excluding hydrogens is 290 g/mol. The summed E-state index contributed by atoms with van der Waals surface area (Å²) in [4.78, 5) is 0. The van der Waals surface area contributed by atoms with Crippen molar-refractivity contribution in [3.05, 3.63) is 23.4 Å². The van der Waals surface area contributed by atoms with Crippen LogP contribution in [0.5, 0.6) is 11.5 Å². The van der Waals surface area contributed by atoms with Gasteiger partial charge in [-0.2, -0.15) is 5.10 Å². The second-order valence-corrected chi connectivity index (χ2v) is 5.62. The van der Waals surface area contributed by atoms with Crippen LogP contribution in [0.4, 0.5) is 5.82 Å². The number of nitrogens with zero attached hydrogens (tertiary/aromatic N) is 1. The predicted octanol–water partition coefficient (Wildman–Crippen LogP) is 3.64. The molecule has 0 bridgehead atoms. The zero-order valence-corrected chi connectivity index (χ0v) is 12.6. The van der Waals surface area contributed by atoms with Crippen molar-refractivity contribution in [3.63, 3.8) is 0 Å². The quantitative estimate of drug-likeness (QED) is 0.904. The molecule has 21 heavy (non-hydrogen) atoms. The number of nitrogens with one attached hydrogen (secondary N) is 1. The predicted molar refractivity (Wildman–Crippen MR) is 82.9 cm³/mol. The van der Waals surface area contributed by atoms with E-state index in [0.717, 1.165) is 24.0 Å². The summed E-state index contributed by atoms with van der Waals surface area (Å²) >= 11 is 6.31. The van der Waals surface area contributed by atoms with E-state index >= 15 is 0 Å². The van der Waals surface area contributed by atoms with Gasteiger partial charge >= 0.3 is 0 Å². The lowest BCUT2D eigenvalue weighted by Gasteiger charge is -2.18. The summed E-state index contributed by atoms with van der Waals surface area (Å²) in [5.74, 6) is 1.73. The summed E-state index contributed by atoms with van der Waals surface area (Å²) in [7, 11) is 1.59. The summed E-state index contributed by atoms with van der Waals surface area (Å²) in [5.41, 5.74) is 7.54. The van der Waals surface area contributed by atoms with Gasteiger partial charge in [0.25, 0.3) is 0 Å². The molecule has 0 aliphatic heterocycles. The Kier molecular flexibility index (Phi) is 3.92. The Morgan fingerprint density at radius 2 is 2.10 bits per heavy atom. The molecule has 112 valence electrons. The fourth-order valence-corrected chi connectivity index (χ4v) is 3.01. The van der Waals surface area contributed by atoms with Crippen LogP contribution in [0.25, 0.3) is 11.1 Å². The van der Waals surface area contributed by atoms with Gasteiger partial charge in [-0.25, -0.2) is 0 Å². The van der Waals surface area contributed by atoms with E-state index in [1.165, 1.54) is 12.8 Å². The summed E-state index contributed by atoms with van der Waals surface area (Å²) in [6.07, 6.45) is 6.45. The highest BCUT2D eigenvalue weighted by Gasteiger charge is 2.21. The van der Waals surface area contributed by atoms with E-state index in [9.17, 15) is 0 Å². The van der Waals surface area contributed by atoms with E-state index < -0.39 is 0 Å². The van der Waals surface area contributed by atoms with Gasteiger partial charge in [0.15, 0.2) is 11.5 Å². The van der Waals surface area contributed by atoms with E-state index in [4.69, 9.17) is 26.8 Å². The molecule has 1 fully saturated rings. The number of hydrogen-bond acceptors (Lipinski definition) is 4. The van der Waals surface area contributed by atoms with Crippen molar-refractivity contribution in [2.45, 2.75) is 31.8 Å². The van der Waals surface area contributed by atoms with Gasteiger partial charge in [-0.05, 0) is 43.4 Å². The molecule has 5 nitrogen and oxygen atoms in total. The number of rotatable bonds is 4. The number of halogens is 1. The van der Waals surface area contributed by atoms with Crippen LogP contribution in [-0.4, -0.2) is 23.4 Å². The van der Waals surface area contributed by atoms with Crippen LogP contribution in [0.15, 0.2) is 18.3 Å². The van der Waals surface area contributed by atoms with Gasteiger partial charge in [-0.3, -0.25) is 5.10 Å². The molecule has 6 heteroatoms. The Hall–Kier alpha value is -1.88. The highest BCUT2D eigenvalue weighted by molar-refractivity contribution is 6.32. The van der Waals surface area contributed by atoms with Crippen molar-refractivity contribution in [3.8, 4) is 22.6 Å². The van der Waals surface area contributed by atoms with Gasteiger partial charge in [0.2, 0.25) is 0 Å². The lowest BCUT2D eigenvalue weighted by atomic mass is 10.1. The SMILES string of the molecule is COc1c(Cl)cc(-c2cn[nH]c2N)cc1OC1CCCC1. The average Bonchev–Trinajstić information content (AvgIpc) is 3.10. The number of methoxy groups -OCH3 is 1. The number of hydrogen-bond donors (Lipinski definition) is 2. The van der Waals surface area contributed by atoms with Crippen LogP contribution < -0.4 is 15.2 Å². The molecule has 0 atom stereocenters. The van der Waals surface area contributed by atoms with Crippen molar-refractivity contribution in [2.24, 2.45) is 0 Å². The second-order valence-electron chi connectivity index (χ2n) is 5.21. The lowest BCUT2D eigenvalue weighted by Crippen LogP contribution is -2.11. The molecule has 0 saturated heterocycles. The average molecular weight is 308 g/mol. The molecule has 0 amide bonds. The first-order valence-electron chi connectivity index (χ1n) is 7.02. The molecule has 0 unspecified atom stereocenters. The van der Waals surface area contributed by atoms with Crippen LogP contribution in [0.2, 0.25) is 5.02 Å². The smallest absolute Gasteiger partial charge is 0.179 e. The van der Waals surface area contributed by atoms with Crippen LogP contribution in [0, 0.1) is 0 Å². The number of aromatic amines is 1. The van der Waals surface area contributed by atoms with Gasteiger partial charge in [-0.15, -0.1) is 0 Å². The monoisotopic (exact) mass is 307 g/mol. The van der Waals surface area contributed by atoms with Crippen LogP contribution in [0.1, 0.15) is 25.7 Å². The maximum atomic E-state index is 6.31. The number of anilines is 1. The van der Waals surface area contributed by atoms with E-state index in [2.05, 4.69) is 10.2 Å². The highest BCUT2D eigenvalue weighted by atomic mass is 35.5. The highest BCUT2D eigenvalue weighted by Crippen LogP contribution is 2.41. The molecule has 1 aromatic carbocycles. The number of nitrogen functional groups attached to an aromatic ring is 1. The Morgan fingerprint density at radius 3 is 2.71 bits per heavy atom. The lowest BCUT2D eigenvalue weighted by molar-refractivity contribution is 0.201. The first-order chi connectivity index (χ1) is 10.2. The van der Waals surface area contributed by atoms with Gasteiger partial charge in [-0.1, -0.05) is 11.6 Å². The minimum absolute atomic E-state index is 0.229. The molecule has 1 aliphatic carbocycles. The van der Waals surface area contributed by atoms with E-state index in [1.807, 2.05) is 12.1 Å². The standard InChI is InChI=1S/C15H18ClN3O2/c1-20-14-12(16)6-9(11-8-18-19-15(11)17)7-13(14)21-10-4-2-3-5-10/h6-8,10H,2-5H2,1H3,(H3,17,18,19). The van der Waals surface area contributed by atoms with Crippen molar-refractivity contribution in [1.29, 1.82) is 0 Å². The van der Waals surface area contributed by atoms with Gasteiger partial charge in [0.1, 0.15) is 5.82 Å². The third-order valence-corrected chi connectivity index (χ3v) is 4.07. The molecule has 2 aromatic rings. The number of aromatic nitrogens is 2. The zero-order valence-electron chi connectivity index (χ0n) is 11.9. The van der Waals surface area contributed by atoms with Gasteiger partial charge in [0, 0.05) is 5.56 Å². The zero-order chi connectivity index (χ0) is 14.8. The Morgan fingerprint density at radius 1 is 1.33 bits per heavy atom. The van der Waals surface area contributed by atoms with Crippen LogP contribution in [0.3, 0.4) is 0 Å². The molecule has 0 spiro atoms. The number of ether oxygens (including phenoxy) is 2. The topological polar surface area (TPSA) is 73.2 Å². The number of nitrogens with two attached hydrogens (primary N) is 1. The fraction of sp³-hybridized carbons (Fsp3) is 0.400. The minimum atomic E-state index is 0.229. The molecule has 1 aromatic heterocycles. The van der Waals surface area contributed by atoms with Crippen LogP contribution in [-0.2, 0) is 0 Å². The summed E-state index contributed by atoms with van der Waals surface area (Å²) in [6.45, 7) is 0. The molecule has 0 radical (unpaired) electrons. The first kappa shape index (κ1) is 14.1. The Labute approximate surface area is 128 Å². The fourth-order valence-electron chi connectivity index (χ4n) is 2.72. The third kappa shape index (κ3) is 2.78. The Bertz CT molecular complexity index is 636. The summed E-state index contributed by atoms with van der Waals surface area (Å²) < 4.78 is 11.5. The number of H-pyrrole nitrogens is 1. The van der Waals surface area contributed by atoms with Gasteiger partial charge in [0.05, 0.1) is 24.4 Å². The molecule has 3 N–H and O–H groups in total. The van der Waals surface area contributed by atoms with Crippen molar-refractivity contribution in [2.75, 3.05) is 12.8 Å². The largest absolute Gasteiger partial charge is 0.491 e. The van der Waals surface area contributed by atoms with E-state index in [-0.39, 0.29) is 6.10 Å². The second kappa shape index (κ2) is 5.85. The van der Waals surface area contributed by atoms with Crippen molar-refractivity contribution >= 4 is 17.4 Å². The molecule has 1 aliphatic rings. The number of benzene rings is 1. The molecular formula is C15H18ClN3O2. The summed E-state index contributed by atoms with van der Waals surface area (Å²) in [6, 6.07) is 3.72. The molecule has 1 heterocycles. The maximum Gasteiger partial charge on any atom is 0.179 e. The minimum Gasteiger partial charge on any atom is -0.491 e. The first-order valence-corrected chi connectivity index (χ1v) is 7.40. The third-order valence-electron chi connectivity index (χ3n) is 3.79. The molecule has 3 rings (SSSR count). The van der Waals surface area contributed by atoms with Crippen molar-refractivity contribution < 1.29 is 9.47 Å².